The van der Waals surface area contributed by atoms with E-state index in [0.29, 0.717) is 5.89 Å². The molecule has 0 aliphatic heterocycles. The Labute approximate surface area is 119 Å². The summed E-state index contributed by atoms with van der Waals surface area (Å²) in [6, 6.07) is 13.1. The normalized spacial score (nSPS) is 10.5. The van der Waals surface area contributed by atoms with E-state index in [2.05, 4.69) is 10.1 Å². The maximum Gasteiger partial charge on any atom is 0.335 e. The van der Waals surface area contributed by atoms with Crippen molar-refractivity contribution >= 4 is 5.97 Å². The first-order valence-corrected chi connectivity index (χ1v) is 6.11. The molecule has 0 amide bonds. The van der Waals surface area contributed by atoms with Crippen molar-refractivity contribution in [2.45, 2.75) is 0 Å². The zero-order chi connectivity index (χ0) is 14.8. The fourth-order valence-corrected chi connectivity index (χ4v) is 1.88. The molecule has 6 nitrogen and oxygen atoms in total. The zero-order valence-electron chi connectivity index (χ0n) is 10.7. The van der Waals surface area contributed by atoms with Crippen LogP contribution in [0.15, 0.2) is 53.1 Å². The molecule has 0 radical (unpaired) electrons. The van der Waals surface area contributed by atoms with Crippen LogP contribution in [0.3, 0.4) is 0 Å². The maximum atomic E-state index is 11.0. The van der Waals surface area contributed by atoms with Gasteiger partial charge < -0.3 is 14.7 Å². The second-order valence-corrected chi connectivity index (χ2v) is 4.33. The molecule has 3 rings (SSSR count). The van der Waals surface area contributed by atoms with Gasteiger partial charge in [0, 0.05) is 5.56 Å². The summed E-state index contributed by atoms with van der Waals surface area (Å²) >= 11 is 0. The van der Waals surface area contributed by atoms with Gasteiger partial charge in [-0.25, -0.2) is 4.79 Å². The Morgan fingerprint density at radius 3 is 2.57 bits per heavy atom. The minimum atomic E-state index is -1.09. The average molecular weight is 282 g/mol. The number of nitrogens with zero attached hydrogens (tertiary/aromatic N) is 2. The van der Waals surface area contributed by atoms with Crippen molar-refractivity contribution in [3.05, 3.63) is 54.1 Å². The molecule has 0 saturated carbocycles. The van der Waals surface area contributed by atoms with Crippen molar-refractivity contribution < 1.29 is 19.5 Å². The molecule has 0 spiro atoms. The SMILES string of the molecule is O=C(O)c1ccc(O)c(-c2noc(-c3ccccc3)n2)c1. The van der Waals surface area contributed by atoms with Gasteiger partial charge in [0.15, 0.2) is 0 Å². The van der Waals surface area contributed by atoms with Crippen molar-refractivity contribution in [1.82, 2.24) is 10.1 Å². The average Bonchev–Trinajstić information content (AvgIpc) is 2.98. The van der Waals surface area contributed by atoms with Crippen molar-refractivity contribution in [2.24, 2.45) is 0 Å². The molecular formula is C15H10N2O4. The van der Waals surface area contributed by atoms with Crippen LogP contribution in [0.1, 0.15) is 10.4 Å². The van der Waals surface area contributed by atoms with Crippen molar-refractivity contribution in [3.63, 3.8) is 0 Å². The lowest BCUT2D eigenvalue weighted by molar-refractivity contribution is 0.0697. The number of aromatic nitrogens is 2. The first-order chi connectivity index (χ1) is 10.1. The standard InChI is InChI=1S/C15H10N2O4/c18-12-7-6-10(15(19)20)8-11(12)13-16-14(21-17-13)9-4-2-1-3-5-9/h1-8,18H,(H,19,20). The smallest absolute Gasteiger partial charge is 0.335 e. The Morgan fingerprint density at radius 1 is 1.10 bits per heavy atom. The summed E-state index contributed by atoms with van der Waals surface area (Å²) in [4.78, 5) is 15.2. The summed E-state index contributed by atoms with van der Waals surface area (Å²) < 4.78 is 5.14. The summed E-state index contributed by atoms with van der Waals surface area (Å²) in [7, 11) is 0. The third-order valence-electron chi connectivity index (χ3n) is 2.93. The Hall–Kier alpha value is -3.15. The number of rotatable bonds is 3. The lowest BCUT2D eigenvalue weighted by Gasteiger charge is -2.01. The van der Waals surface area contributed by atoms with Crippen molar-refractivity contribution in [3.8, 4) is 28.6 Å². The Balaban J connectivity index is 2.04. The van der Waals surface area contributed by atoms with Crippen LogP contribution < -0.4 is 0 Å². The Kier molecular flexibility index (Phi) is 3.12. The molecule has 2 aromatic carbocycles. The number of aromatic carboxylic acids is 1. The van der Waals surface area contributed by atoms with Crippen LogP contribution >= 0.6 is 0 Å². The van der Waals surface area contributed by atoms with Gasteiger partial charge in [0.1, 0.15) is 5.75 Å². The highest BCUT2D eigenvalue weighted by Gasteiger charge is 2.15. The topological polar surface area (TPSA) is 96.5 Å². The summed E-state index contributed by atoms with van der Waals surface area (Å²) in [6.45, 7) is 0. The number of hydrogen-bond acceptors (Lipinski definition) is 5. The molecule has 21 heavy (non-hydrogen) atoms. The number of phenols is 1. The summed E-state index contributed by atoms with van der Waals surface area (Å²) in [5.74, 6) is -0.774. The van der Waals surface area contributed by atoms with Gasteiger partial charge >= 0.3 is 5.97 Å². The lowest BCUT2D eigenvalue weighted by atomic mass is 10.1. The van der Waals surface area contributed by atoms with E-state index >= 15 is 0 Å². The summed E-state index contributed by atoms with van der Waals surface area (Å²) in [5, 5.41) is 22.6. The monoisotopic (exact) mass is 282 g/mol. The minimum Gasteiger partial charge on any atom is -0.507 e. The van der Waals surface area contributed by atoms with Gasteiger partial charge in [0.25, 0.3) is 5.89 Å². The van der Waals surface area contributed by atoms with Crippen LogP contribution in [-0.2, 0) is 0 Å². The van der Waals surface area contributed by atoms with Crippen LogP contribution in [0.2, 0.25) is 0 Å². The maximum absolute atomic E-state index is 11.0. The minimum absolute atomic E-state index is 0.0360. The van der Waals surface area contributed by atoms with E-state index < -0.39 is 5.97 Å². The highest BCUT2D eigenvalue weighted by molar-refractivity contribution is 5.89. The first-order valence-electron chi connectivity index (χ1n) is 6.11. The van der Waals surface area contributed by atoms with Crippen LogP contribution in [0.5, 0.6) is 5.75 Å². The second kappa shape index (κ2) is 5.09. The van der Waals surface area contributed by atoms with Gasteiger partial charge in [0.05, 0.1) is 11.1 Å². The molecule has 0 saturated heterocycles. The fourth-order valence-electron chi connectivity index (χ4n) is 1.88. The molecule has 6 heteroatoms. The molecular weight excluding hydrogens is 272 g/mol. The van der Waals surface area contributed by atoms with Gasteiger partial charge in [-0.15, -0.1) is 0 Å². The van der Waals surface area contributed by atoms with E-state index in [1.54, 1.807) is 0 Å². The molecule has 1 heterocycles. The largest absolute Gasteiger partial charge is 0.507 e. The van der Waals surface area contributed by atoms with Crippen molar-refractivity contribution in [1.29, 1.82) is 0 Å². The number of carbonyl (C=O) groups is 1. The highest BCUT2D eigenvalue weighted by Crippen LogP contribution is 2.29. The van der Waals surface area contributed by atoms with E-state index in [4.69, 9.17) is 9.63 Å². The van der Waals surface area contributed by atoms with Crippen LogP contribution in [-0.4, -0.2) is 26.3 Å². The third-order valence-corrected chi connectivity index (χ3v) is 2.93. The van der Waals surface area contributed by atoms with Crippen LogP contribution in [0.4, 0.5) is 0 Å². The van der Waals surface area contributed by atoms with E-state index in [9.17, 15) is 9.90 Å². The molecule has 2 N–H and O–H groups in total. The van der Waals surface area contributed by atoms with E-state index in [1.807, 2.05) is 30.3 Å². The van der Waals surface area contributed by atoms with E-state index in [-0.39, 0.29) is 22.7 Å². The number of phenolic OH excluding ortho intramolecular Hbond substituents is 1. The molecule has 104 valence electrons. The first kappa shape index (κ1) is 12.9. The second-order valence-electron chi connectivity index (χ2n) is 4.33. The molecule has 0 bridgehead atoms. The number of benzene rings is 2. The molecule has 0 fully saturated rings. The quantitative estimate of drug-likeness (QED) is 0.766. The highest BCUT2D eigenvalue weighted by atomic mass is 16.5. The predicted molar refractivity (Wildman–Crippen MR) is 73.8 cm³/mol. The van der Waals surface area contributed by atoms with Crippen LogP contribution in [0, 0.1) is 0 Å². The fraction of sp³-hybridized carbons (Fsp3) is 0. The Morgan fingerprint density at radius 2 is 1.86 bits per heavy atom. The van der Waals surface area contributed by atoms with E-state index in [0.717, 1.165) is 5.56 Å². The van der Waals surface area contributed by atoms with Gasteiger partial charge in [-0.2, -0.15) is 4.98 Å². The zero-order valence-corrected chi connectivity index (χ0v) is 10.7. The number of hydrogen-bond donors (Lipinski definition) is 2. The van der Waals surface area contributed by atoms with Gasteiger partial charge in [-0.05, 0) is 30.3 Å². The van der Waals surface area contributed by atoms with Gasteiger partial charge in [-0.3, -0.25) is 0 Å². The molecule has 0 aliphatic carbocycles. The lowest BCUT2D eigenvalue weighted by Crippen LogP contribution is -1.96. The van der Waals surface area contributed by atoms with Crippen molar-refractivity contribution in [2.75, 3.05) is 0 Å². The van der Waals surface area contributed by atoms with E-state index in [1.165, 1.54) is 18.2 Å². The van der Waals surface area contributed by atoms with Crippen LogP contribution in [0.25, 0.3) is 22.8 Å². The number of carboxylic acids is 1. The number of aromatic hydroxyl groups is 1. The predicted octanol–water partition coefficient (Wildman–Crippen LogP) is 2.81. The number of carboxylic acid groups (broad SMARTS) is 1. The molecule has 0 unspecified atom stereocenters. The van der Waals surface area contributed by atoms with Gasteiger partial charge in [-0.1, -0.05) is 23.4 Å². The summed E-state index contributed by atoms with van der Waals surface area (Å²) in [6.07, 6.45) is 0. The van der Waals surface area contributed by atoms with Gasteiger partial charge in [0.2, 0.25) is 5.82 Å². The molecule has 0 atom stereocenters. The molecule has 1 aromatic heterocycles. The molecule has 3 aromatic rings. The third kappa shape index (κ3) is 2.46. The Bertz CT molecular complexity index is 796. The summed E-state index contributed by atoms with van der Waals surface area (Å²) in [5.41, 5.74) is 0.986. The molecule has 0 aliphatic rings.